The zero-order chi connectivity index (χ0) is 26.1. The number of ether oxygens (including phenoxy) is 2. The molecule has 1 saturated heterocycles. The number of hydrogen-bond donors (Lipinski definition) is 3. The van der Waals surface area contributed by atoms with Crippen LogP contribution in [-0.2, 0) is 53.1 Å². The fourth-order valence-corrected chi connectivity index (χ4v) is 7.40. The molecule has 16 nitrogen and oxygen atoms in total. The van der Waals surface area contributed by atoms with Crippen LogP contribution in [0.2, 0.25) is 0 Å². The molecule has 196 valence electrons. The van der Waals surface area contributed by atoms with Crippen molar-refractivity contribution >= 4 is 21.4 Å². The minimum atomic E-state index is -6.42. The molecule has 35 heavy (non-hydrogen) atoms. The first-order chi connectivity index (χ1) is 16.6. The molecule has 0 amide bonds. The molecule has 0 bridgehead atoms. The zero-order valence-corrected chi connectivity index (χ0v) is 20.9. The van der Waals surface area contributed by atoms with E-state index in [1.807, 2.05) is 6.92 Å². The van der Waals surface area contributed by atoms with Crippen LogP contribution in [0.15, 0.2) is 15.8 Å². The molecule has 0 unspecified atom stereocenters. The Morgan fingerprint density at radius 1 is 1.20 bits per heavy atom. The average Bonchev–Trinajstić information content (AvgIpc) is 3.29. The zero-order valence-electron chi connectivity index (χ0n) is 18.3. The SMILES string of the molecule is CCCOCC#CCc1cn([C@H]2CC[C@@H](COP(OO)(OOO)(P(=O)=O)P(=O)=O)O2)c(=O)[nH]c1=O. The van der Waals surface area contributed by atoms with E-state index in [9.17, 15) is 27.8 Å². The summed E-state index contributed by atoms with van der Waals surface area (Å²) in [4.78, 5) is 26.5. The molecule has 1 aliphatic heterocycles. The van der Waals surface area contributed by atoms with E-state index in [0.29, 0.717) is 6.61 Å². The normalized spacial score (nSPS) is 18.9. The van der Waals surface area contributed by atoms with Gasteiger partial charge in [0.15, 0.2) is 0 Å². The van der Waals surface area contributed by atoms with Crippen molar-refractivity contribution < 1.29 is 57.2 Å². The van der Waals surface area contributed by atoms with Gasteiger partial charge in [-0.25, -0.2) is 0 Å². The molecule has 3 N–H and O–H groups in total. The van der Waals surface area contributed by atoms with E-state index in [-0.39, 0.29) is 31.4 Å². The third kappa shape index (κ3) is 6.48. The number of hydrogen-bond acceptors (Lipinski definition) is 14. The molecule has 0 aliphatic carbocycles. The third-order valence-corrected chi connectivity index (χ3v) is 14.4. The predicted octanol–water partition coefficient (Wildman–Crippen LogP) is 2.59. The summed E-state index contributed by atoms with van der Waals surface area (Å²) >= 11 is 0. The van der Waals surface area contributed by atoms with Gasteiger partial charge in [-0.2, -0.15) is 0 Å². The van der Waals surface area contributed by atoms with E-state index in [4.69, 9.17) is 24.5 Å². The molecule has 1 aromatic rings. The van der Waals surface area contributed by atoms with Crippen molar-refractivity contribution in [3.8, 4) is 11.8 Å². The van der Waals surface area contributed by atoms with Crippen molar-refractivity contribution in [3.63, 3.8) is 0 Å². The van der Waals surface area contributed by atoms with Crippen LogP contribution in [0.4, 0.5) is 0 Å². The average molecular weight is 560 g/mol. The van der Waals surface area contributed by atoms with E-state index in [1.54, 1.807) is 0 Å². The van der Waals surface area contributed by atoms with E-state index >= 15 is 0 Å². The van der Waals surface area contributed by atoms with Gasteiger partial charge < -0.3 is 4.74 Å². The minimum absolute atomic E-state index is 0.0262. The van der Waals surface area contributed by atoms with Crippen molar-refractivity contribution in [1.29, 1.82) is 0 Å². The van der Waals surface area contributed by atoms with Crippen LogP contribution in [0, 0.1) is 11.8 Å². The van der Waals surface area contributed by atoms with Crippen molar-refractivity contribution in [3.05, 3.63) is 32.6 Å². The molecule has 0 radical (unpaired) electrons. The first-order valence-electron chi connectivity index (χ1n) is 9.98. The Balaban J connectivity index is 2.16. The maximum absolute atomic E-state index is 12.3. The summed E-state index contributed by atoms with van der Waals surface area (Å²) < 4.78 is 70.7. The summed E-state index contributed by atoms with van der Waals surface area (Å²) in [6.07, 6.45) is 0.479. The first kappa shape index (κ1) is 29.4. The Labute approximate surface area is 197 Å². The van der Waals surface area contributed by atoms with Gasteiger partial charge >= 0.3 is 173 Å². The molecule has 19 heteroatoms. The number of aromatic amines is 1. The van der Waals surface area contributed by atoms with E-state index in [0.717, 1.165) is 11.0 Å². The number of rotatable bonds is 13. The molecule has 1 fully saturated rings. The summed E-state index contributed by atoms with van der Waals surface area (Å²) in [5, 5.41) is 20.7. The van der Waals surface area contributed by atoms with Crippen LogP contribution in [-0.4, -0.2) is 46.0 Å². The van der Waals surface area contributed by atoms with Crippen molar-refractivity contribution in [2.75, 3.05) is 19.8 Å². The third-order valence-electron chi connectivity index (χ3n) is 4.69. The second-order valence-corrected chi connectivity index (χ2v) is 17.2. The Hall–Kier alpha value is -1.85. The standard InChI is InChI=1S/C16H23N2O14P3/c1-2-8-27-9-4-3-5-12-10-18(16(20)17-15(12)19)14-7-6-13(29-14)11-28-35(31-22,32-30-21,33(23)24)34(25)26/h10,13-14,21-22H,2,5-9,11H2,1H3,(H,17,19,20)/t13-,14+/m0/s1. The Kier molecular flexibility index (Phi) is 10.8. The predicted molar refractivity (Wildman–Crippen MR) is 115 cm³/mol. The molecule has 0 spiro atoms. The number of nitrogens with zero attached hydrogens (tertiary/aromatic N) is 1. The Morgan fingerprint density at radius 3 is 2.51 bits per heavy atom. The van der Waals surface area contributed by atoms with Crippen molar-refractivity contribution in [2.24, 2.45) is 0 Å². The number of nitrogens with one attached hydrogen (secondary N) is 1. The van der Waals surface area contributed by atoms with Gasteiger partial charge in [0.1, 0.15) is 0 Å². The molecule has 2 atom stereocenters. The summed E-state index contributed by atoms with van der Waals surface area (Å²) in [6.45, 7) is -4.56. The van der Waals surface area contributed by atoms with Gasteiger partial charge in [-0.05, 0) is 6.42 Å². The van der Waals surface area contributed by atoms with Gasteiger partial charge in [0.05, 0.1) is 0 Å². The van der Waals surface area contributed by atoms with Gasteiger partial charge in [0, 0.05) is 6.61 Å². The topological polar surface area (TPSA) is 219 Å². The molecule has 1 aliphatic rings. The van der Waals surface area contributed by atoms with Gasteiger partial charge in [-0.15, -0.1) is 0 Å². The molecule has 2 heterocycles. The Bertz CT molecular complexity index is 1170. The monoisotopic (exact) mass is 560 g/mol. The second-order valence-electron chi connectivity index (χ2n) is 7.00. The summed E-state index contributed by atoms with van der Waals surface area (Å²) in [5.41, 5.74) is -1.25. The summed E-state index contributed by atoms with van der Waals surface area (Å²) in [7, 11) is -8.63. The molecular weight excluding hydrogens is 537 g/mol. The number of aromatic nitrogens is 2. The first-order valence-corrected chi connectivity index (χ1v) is 15.7. The van der Waals surface area contributed by atoms with Gasteiger partial charge in [0.25, 0.3) is 0 Å². The van der Waals surface area contributed by atoms with Gasteiger partial charge in [-0.3, -0.25) is 0 Å². The molecule has 2 rings (SSSR count). The quantitative estimate of drug-likeness (QED) is 0.104. The molecule has 0 aromatic carbocycles. The van der Waals surface area contributed by atoms with Crippen molar-refractivity contribution in [1.82, 2.24) is 9.55 Å². The maximum atomic E-state index is 12.3. The molecule has 1 aromatic heterocycles. The Morgan fingerprint density at radius 2 is 1.91 bits per heavy atom. The van der Waals surface area contributed by atoms with Gasteiger partial charge in [-0.1, -0.05) is 6.92 Å². The molecular formula is C16H23N2O14P3. The van der Waals surface area contributed by atoms with E-state index in [2.05, 4.69) is 31.2 Å². The van der Waals surface area contributed by atoms with Crippen molar-refractivity contribution in [2.45, 2.75) is 44.9 Å². The van der Waals surface area contributed by atoms with E-state index < -0.39 is 51.6 Å². The van der Waals surface area contributed by atoms with Crippen LogP contribution in [0.3, 0.4) is 0 Å². The van der Waals surface area contributed by atoms with E-state index in [1.165, 1.54) is 6.20 Å². The second kappa shape index (κ2) is 12.9. The van der Waals surface area contributed by atoms with Gasteiger partial charge in [0.2, 0.25) is 0 Å². The van der Waals surface area contributed by atoms with Crippen LogP contribution in [0.1, 0.15) is 38.0 Å². The number of H-pyrrole nitrogens is 1. The fraction of sp³-hybridized carbons (Fsp3) is 0.625. The van der Waals surface area contributed by atoms with Crippen LogP contribution < -0.4 is 11.2 Å². The summed E-state index contributed by atoms with van der Waals surface area (Å²) in [6, 6.07) is 0. The van der Waals surface area contributed by atoms with Crippen LogP contribution in [0.25, 0.3) is 0 Å². The molecule has 0 saturated carbocycles. The fourth-order valence-electron chi connectivity index (χ4n) is 2.95. The summed E-state index contributed by atoms with van der Waals surface area (Å²) in [5.74, 6) is 5.51. The van der Waals surface area contributed by atoms with Crippen LogP contribution in [0.5, 0.6) is 0 Å². The van der Waals surface area contributed by atoms with Crippen LogP contribution >= 0.6 is 21.4 Å².